The van der Waals surface area contributed by atoms with Crippen molar-refractivity contribution in [1.29, 1.82) is 0 Å². The third kappa shape index (κ3) is 39.9. The van der Waals surface area contributed by atoms with Crippen LogP contribution in [0.4, 0.5) is 0 Å². The molecule has 0 bridgehead atoms. The first kappa shape index (κ1) is 88.7. The van der Waals surface area contributed by atoms with Gasteiger partial charge in [0.05, 0.1) is 97.3 Å². The minimum Gasteiger partial charge on any atom is -0.464 e. The molecule has 0 amide bonds. The second-order valence-corrected chi connectivity index (χ2v) is 20.8. The highest BCUT2D eigenvalue weighted by molar-refractivity contribution is 7.73. The van der Waals surface area contributed by atoms with Gasteiger partial charge in [0, 0.05) is 52.1 Å². The molecule has 0 N–H and O–H groups in total. The van der Waals surface area contributed by atoms with E-state index < -0.39 is 11.9 Å². The van der Waals surface area contributed by atoms with Crippen molar-refractivity contribution in [2.45, 2.75) is 83.1 Å². The Bertz CT molecular complexity index is 2400. The van der Waals surface area contributed by atoms with E-state index in [1.807, 2.05) is 90.1 Å². The molecular weight excluding hydrogens is 1090 g/mol. The van der Waals surface area contributed by atoms with Gasteiger partial charge in [-0.25, -0.2) is 51.6 Å². The van der Waals surface area contributed by atoms with Crippen LogP contribution in [-0.4, -0.2) is 139 Å². The van der Waals surface area contributed by atoms with Crippen molar-refractivity contribution in [1.82, 2.24) is 34.2 Å². The molecule has 0 fully saturated rings. The van der Waals surface area contributed by atoms with Gasteiger partial charge < -0.3 is 28.4 Å². The fraction of sp³-hybridized carbons (Fsp3) is 0.526. The van der Waals surface area contributed by atoms with Gasteiger partial charge in [-0.05, 0) is 4.98 Å². The maximum Gasteiger partial charge on any atom is 0.425 e. The second kappa shape index (κ2) is 55.8. The average Bonchev–Trinajstić information content (AvgIpc) is 4.09. The quantitative estimate of drug-likeness (QED) is 0.0908. The summed E-state index contributed by atoms with van der Waals surface area (Å²) in [6.45, 7) is 33.2. The van der Waals surface area contributed by atoms with E-state index >= 15 is 0 Å². The number of methoxy groups -OCH3 is 6. The highest BCUT2D eigenvalue weighted by Gasteiger charge is 2.22. The molecule has 6 rings (SSSR count). The number of aryl methyl sites for hydroxylation is 7. The van der Waals surface area contributed by atoms with Crippen molar-refractivity contribution in [2.24, 2.45) is 56.4 Å². The zero-order valence-corrected chi connectivity index (χ0v) is 56.7. The van der Waals surface area contributed by atoms with Gasteiger partial charge in [-0.3, -0.25) is 4.98 Å². The van der Waals surface area contributed by atoms with E-state index in [0.717, 1.165) is 0 Å². The van der Waals surface area contributed by atoms with Crippen LogP contribution in [0.5, 0.6) is 0 Å². The number of hydrogen-bond acceptors (Lipinski definition) is 17. The van der Waals surface area contributed by atoms with Crippen LogP contribution < -0.4 is 27.5 Å². The fourth-order valence-electron chi connectivity index (χ4n) is 4.69. The van der Waals surface area contributed by atoms with Crippen LogP contribution in [0.15, 0.2) is 93.0 Å². The van der Waals surface area contributed by atoms with Gasteiger partial charge in [0.25, 0.3) is 12.7 Å². The summed E-state index contributed by atoms with van der Waals surface area (Å²) in [6, 6.07) is 5.06. The molecule has 6 aromatic heterocycles. The molecule has 0 saturated carbocycles. The Morgan fingerprint density at radius 3 is 1.27 bits per heavy atom. The van der Waals surface area contributed by atoms with Crippen molar-refractivity contribution in [3.63, 3.8) is 0 Å². The van der Waals surface area contributed by atoms with Crippen molar-refractivity contribution < 1.29 is 84.7 Å². The Morgan fingerprint density at radius 1 is 0.446 bits per heavy atom. The first-order valence-corrected chi connectivity index (χ1v) is 30.3. The molecule has 26 heteroatoms. The van der Waals surface area contributed by atoms with E-state index in [1.165, 1.54) is 66.1 Å². The van der Waals surface area contributed by atoms with Gasteiger partial charge >= 0.3 is 59.0 Å². The second-order valence-electron chi connectivity index (χ2n) is 15.4. The maximum absolute atomic E-state index is 11.1. The summed E-state index contributed by atoms with van der Waals surface area (Å²) in [6.07, 6.45) is 19.3. The molecule has 0 spiro atoms. The lowest BCUT2D eigenvalue weighted by molar-refractivity contribution is -0.751. The van der Waals surface area contributed by atoms with Crippen molar-refractivity contribution in [3.8, 4) is 0 Å². The molecule has 0 aliphatic heterocycles. The van der Waals surface area contributed by atoms with Gasteiger partial charge in [-0.15, -0.1) is 9.36 Å². The Kier molecular flexibility index (Phi) is 59.7. The normalized spacial score (nSPS) is 8.65. The lowest BCUT2D eigenvalue weighted by Crippen LogP contribution is -2.38. The smallest absolute Gasteiger partial charge is 0.425 e. The van der Waals surface area contributed by atoms with Gasteiger partial charge in [0.1, 0.15) is 38.0 Å². The van der Waals surface area contributed by atoms with Crippen molar-refractivity contribution in [2.75, 3.05) is 69.3 Å². The Hall–Kier alpha value is -8.08. The summed E-state index contributed by atoms with van der Waals surface area (Å²) in [5, 5.41) is 0. The van der Waals surface area contributed by atoms with E-state index in [0.29, 0.717) is 28.7 Å². The Balaban J connectivity index is -0.000000158. The molecule has 0 aromatic carbocycles. The molecule has 0 aliphatic rings. The summed E-state index contributed by atoms with van der Waals surface area (Å²) >= 11 is 0. The van der Waals surface area contributed by atoms with Crippen molar-refractivity contribution in [3.05, 3.63) is 128 Å². The standard InChI is InChI=1S/2C7H11N2O2.3C7H9N2O2.C6H8N3O2.C4H12P.6C2H6/c1-8-4-5-9(2)6(8)7(10)11-3;1-8-5-4-6(9(8)2)7(10)11-3;1-9-4-3-8-5-6(9)7(10)11-2;1-9-5-8-4-3-6(9)7(10)11-2;1-9-5-3-4-8-6(9)7(10)11-2;1-9-4-7-3-8-5(9)6(10)11-2;1-5(2,3)4;6*1-2/h2*4-5H,1-3H3;3*3-5H,1-2H3;3-4H,1-2H3;1-4H3;6*1-2H3/q7*+1;;;;;;. The van der Waals surface area contributed by atoms with Gasteiger partial charge in [0.2, 0.25) is 12.0 Å². The molecule has 0 saturated heterocycles. The molecule has 6 aromatic rings. The summed E-state index contributed by atoms with van der Waals surface area (Å²) in [4.78, 5) is 84.7. The Labute approximate surface area is 496 Å². The molecule has 25 nitrogen and oxygen atoms in total. The maximum atomic E-state index is 11.1. The zero-order valence-electron chi connectivity index (χ0n) is 55.8. The molecule has 0 atom stereocenters. The minimum absolute atomic E-state index is 0.238. The molecule has 468 valence electrons. The summed E-state index contributed by atoms with van der Waals surface area (Å²) in [5.74, 6) is -1.17. The molecule has 0 radical (unpaired) electrons. The Morgan fingerprint density at radius 2 is 0.892 bits per heavy atom. The van der Waals surface area contributed by atoms with Crippen LogP contribution in [0, 0.1) is 0 Å². The fourth-order valence-corrected chi connectivity index (χ4v) is 4.69. The molecule has 6 heterocycles. The highest BCUT2D eigenvalue weighted by atomic mass is 31.2. The summed E-state index contributed by atoms with van der Waals surface area (Å²) in [5.41, 5.74) is 1.48. The number of carbonyl (C=O) groups is 6. The minimum atomic E-state index is -0.463. The summed E-state index contributed by atoms with van der Waals surface area (Å²) in [7, 11) is 21.8. The third-order valence-corrected chi connectivity index (χ3v) is 8.38. The molecule has 0 aliphatic carbocycles. The van der Waals surface area contributed by atoms with E-state index in [1.54, 1.807) is 156 Å². The van der Waals surface area contributed by atoms with E-state index in [4.69, 9.17) is 0 Å². The van der Waals surface area contributed by atoms with Crippen LogP contribution in [-0.2, 0) is 84.8 Å². The van der Waals surface area contributed by atoms with Crippen LogP contribution >= 0.6 is 7.26 Å². The van der Waals surface area contributed by atoms with E-state index in [2.05, 4.69) is 80.0 Å². The van der Waals surface area contributed by atoms with Gasteiger partial charge in [-0.2, -0.15) is 4.57 Å². The monoisotopic (exact) mass is 1190 g/mol. The number of aromatic nitrogens is 13. The molecular formula is C57H105N13O12P+7. The zero-order chi connectivity index (χ0) is 66.4. The lowest BCUT2D eigenvalue weighted by Gasteiger charge is -1.97. The van der Waals surface area contributed by atoms with Crippen LogP contribution in [0.3, 0.4) is 0 Å². The van der Waals surface area contributed by atoms with Gasteiger partial charge in [-0.1, -0.05) is 98.0 Å². The highest BCUT2D eigenvalue weighted by Crippen LogP contribution is 2.40. The number of carbonyl (C=O) groups excluding carboxylic acids is 6. The van der Waals surface area contributed by atoms with Crippen LogP contribution in [0.25, 0.3) is 0 Å². The number of imidazole rings is 1. The number of esters is 6. The average molecular weight is 1200 g/mol. The molecule has 83 heavy (non-hydrogen) atoms. The number of rotatable bonds is 6. The SMILES string of the molecule is CC.CC.CC.CC.CC.CC.COC(=O)c1cc[n+](C)n1C.COC(=O)c1ccnc[n+]1C.COC(=O)c1cncc[n+]1C.COC(=O)c1n(C)cc[n+]1C.COC(=O)c1nccc[n+]1C.COC(=O)c1ncnc[n+]1C.C[P+](C)(C)C. The van der Waals surface area contributed by atoms with Crippen LogP contribution in [0.1, 0.15) is 146 Å². The lowest BCUT2D eigenvalue weighted by atomic mass is 10.4. The molecule has 0 unspecified atom stereocenters. The largest absolute Gasteiger partial charge is 0.464 e. The number of ether oxygens (including phenoxy) is 6. The van der Waals surface area contributed by atoms with Gasteiger partial charge in [0.15, 0.2) is 25.1 Å². The predicted octanol–water partition coefficient (Wildman–Crippen LogP) is 5.12. The number of hydrogen-bond donors (Lipinski definition) is 0. The van der Waals surface area contributed by atoms with E-state index in [-0.39, 0.29) is 37.0 Å². The topological polar surface area (TPSA) is 255 Å². The third-order valence-electron chi connectivity index (χ3n) is 8.38. The number of nitrogens with zero attached hydrogens (tertiary/aromatic N) is 13. The van der Waals surface area contributed by atoms with E-state index in [9.17, 15) is 28.8 Å². The van der Waals surface area contributed by atoms with Crippen LogP contribution in [0.2, 0.25) is 0 Å². The van der Waals surface area contributed by atoms with Crippen molar-refractivity contribution >= 4 is 43.1 Å². The predicted molar refractivity (Wildman–Crippen MR) is 319 cm³/mol. The first-order chi connectivity index (χ1) is 39.3. The first-order valence-electron chi connectivity index (χ1n) is 26.7. The summed E-state index contributed by atoms with van der Waals surface area (Å²) < 4.78 is 40.4.